The van der Waals surface area contributed by atoms with Gasteiger partial charge in [0.15, 0.2) is 0 Å². The van der Waals surface area contributed by atoms with Crippen molar-refractivity contribution in [1.82, 2.24) is 10.3 Å². The number of halogens is 1. The van der Waals surface area contributed by atoms with Crippen LogP contribution < -0.4 is 5.32 Å². The highest BCUT2D eigenvalue weighted by Gasteiger charge is 2.09. The second-order valence-corrected chi connectivity index (χ2v) is 2.90. The molecule has 14 heavy (non-hydrogen) atoms. The van der Waals surface area contributed by atoms with Crippen molar-refractivity contribution in [2.24, 2.45) is 0 Å². The minimum atomic E-state index is -0.319. The predicted octanol–water partition coefficient (Wildman–Crippen LogP) is 1.52. The van der Waals surface area contributed by atoms with Gasteiger partial charge in [-0.15, -0.1) is 0 Å². The number of pyridine rings is 1. The number of aromatic nitrogens is 1. The van der Waals surface area contributed by atoms with Gasteiger partial charge in [-0.2, -0.15) is 0 Å². The lowest BCUT2D eigenvalue weighted by molar-refractivity contribution is 0.124. The summed E-state index contributed by atoms with van der Waals surface area (Å²) in [5.74, 6) is -0.319. The van der Waals surface area contributed by atoms with Crippen LogP contribution in [0.25, 0.3) is 0 Å². The molecular formula is C10H15FN2O. The molecular weight excluding hydrogens is 183 g/mol. The molecule has 1 aromatic heterocycles. The Morgan fingerprint density at radius 2 is 2.36 bits per heavy atom. The molecule has 0 aliphatic rings. The van der Waals surface area contributed by atoms with Crippen LogP contribution in [0.4, 0.5) is 4.39 Å². The number of nitrogens with one attached hydrogen (secondary N) is 1. The summed E-state index contributed by atoms with van der Waals surface area (Å²) >= 11 is 0. The highest BCUT2D eigenvalue weighted by Crippen LogP contribution is 2.10. The zero-order valence-electron chi connectivity index (χ0n) is 8.46. The highest BCUT2D eigenvalue weighted by molar-refractivity contribution is 5.09. The fourth-order valence-corrected chi connectivity index (χ4v) is 1.15. The fourth-order valence-electron chi connectivity index (χ4n) is 1.15. The molecule has 0 amide bonds. The van der Waals surface area contributed by atoms with Gasteiger partial charge in [-0.3, -0.25) is 4.98 Å². The lowest BCUT2D eigenvalue weighted by atomic mass is 10.2. The quantitative estimate of drug-likeness (QED) is 0.778. The van der Waals surface area contributed by atoms with Crippen molar-refractivity contribution in [3.63, 3.8) is 0 Å². The molecule has 0 aromatic carbocycles. The van der Waals surface area contributed by atoms with Crippen molar-refractivity contribution in [2.45, 2.75) is 13.0 Å². The molecule has 1 rings (SSSR count). The first-order chi connectivity index (χ1) is 6.77. The average molecular weight is 198 g/mol. The third-order valence-electron chi connectivity index (χ3n) is 1.94. The standard InChI is InChI=1S/C10H15FN2O/c1-3-14-7-10(12-2)9-5-4-8(11)6-13-9/h4-6,10,12H,3,7H2,1-2H3. The minimum Gasteiger partial charge on any atom is -0.380 e. The molecule has 4 heteroatoms. The van der Waals surface area contributed by atoms with E-state index in [4.69, 9.17) is 4.74 Å². The SMILES string of the molecule is CCOCC(NC)c1ccc(F)cn1. The number of rotatable bonds is 5. The molecule has 1 unspecified atom stereocenters. The Kier molecular flexibility index (Phi) is 4.49. The van der Waals surface area contributed by atoms with E-state index in [1.807, 2.05) is 14.0 Å². The van der Waals surface area contributed by atoms with Gasteiger partial charge in [-0.25, -0.2) is 4.39 Å². The van der Waals surface area contributed by atoms with Gasteiger partial charge in [-0.1, -0.05) is 0 Å². The Balaban J connectivity index is 2.64. The molecule has 1 atom stereocenters. The fraction of sp³-hybridized carbons (Fsp3) is 0.500. The number of nitrogens with zero attached hydrogens (tertiary/aromatic N) is 1. The van der Waals surface area contributed by atoms with E-state index in [0.717, 1.165) is 5.69 Å². The summed E-state index contributed by atoms with van der Waals surface area (Å²) in [5, 5.41) is 3.06. The first kappa shape index (κ1) is 11.1. The van der Waals surface area contributed by atoms with Crippen LogP contribution in [-0.4, -0.2) is 25.2 Å². The summed E-state index contributed by atoms with van der Waals surface area (Å²) in [4.78, 5) is 3.98. The average Bonchev–Trinajstić information content (AvgIpc) is 2.21. The lowest BCUT2D eigenvalue weighted by Gasteiger charge is -2.14. The Hall–Kier alpha value is -1.00. The van der Waals surface area contributed by atoms with Crippen LogP contribution >= 0.6 is 0 Å². The highest BCUT2D eigenvalue weighted by atomic mass is 19.1. The zero-order valence-corrected chi connectivity index (χ0v) is 8.46. The van der Waals surface area contributed by atoms with Gasteiger partial charge in [0, 0.05) is 6.61 Å². The maximum atomic E-state index is 12.6. The normalized spacial score (nSPS) is 12.8. The van der Waals surface area contributed by atoms with Crippen LogP contribution in [0.5, 0.6) is 0 Å². The Bertz CT molecular complexity index is 263. The lowest BCUT2D eigenvalue weighted by Crippen LogP contribution is -2.22. The molecule has 0 fully saturated rings. The summed E-state index contributed by atoms with van der Waals surface area (Å²) in [5.41, 5.74) is 0.794. The van der Waals surface area contributed by atoms with Crippen LogP contribution in [0.15, 0.2) is 18.3 Å². The summed E-state index contributed by atoms with van der Waals surface area (Å²) < 4.78 is 17.9. The molecule has 1 N–H and O–H groups in total. The van der Waals surface area contributed by atoms with E-state index in [1.165, 1.54) is 12.3 Å². The van der Waals surface area contributed by atoms with Crippen LogP contribution in [0.3, 0.4) is 0 Å². The van der Waals surface area contributed by atoms with Crippen LogP contribution in [-0.2, 0) is 4.74 Å². The molecule has 0 aliphatic heterocycles. The van der Waals surface area contributed by atoms with Gasteiger partial charge in [0.25, 0.3) is 0 Å². The molecule has 3 nitrogen and oxygen atoms in total. The van der Waals surface area contributed by atoms with Crippen molar-refractivity contribution in [2.75, 3.05) is 20.3 Å². The van der Waals surface area contributed by atoms with Gasteiger partial charge in [0.1, 0.15) is 5.82 Å². The van der Waals surface area contributed by atoms with E-state index < -0.39 is 0 Å². The predicted molar refractivity (Wildman–Crippen MR) is 52.5 cm³/mol. The number of ether oxygens (including phenoxy) is 1. The molecule has 1 heterocycles. The second-order valence-electron chi connectivity index (χ2n) is 2.90. The van der Waals surface area contributed by atoms with E-state index in [-0.39, 0.29) is 11.9 Å². The molecule has 78 valence electrons. The first-order valence-electron chi connectivity index (χ1n) is 4.64. The molecule has 0 spiro atoms. The van der Waals surface area contributed by atoms with Gasteiger partial charge in [-0.05, 0) is 26.1 Å². The van der Waals surface area contributed by atoms with Crippen LogP contribution in [0.2, 0.25) is 0 Å². The number of hydrogen-bond acceptors (Lipinski definition) is 3. The molecule has 0 bridgehead atoms. The summed E-state index contributed by atoms with van der Waals surface area (Å²) in [6.07, 6.45) is 1.21. The van der Waals surface area contributed by atoms with Gasteiger partial charge in [0.05, 0.1) is 24.5 Å². The third-order valence-corrected chi connectivity index (χ3v) is 1.94. The van der Waals surface area contributed by atoms with Crippen molar-refractivity contribution in [3.8, 4) is 0 Å². The number of hydrogen-bond donors (Lipinski definition) is 1. The van der Waals surface area contributed by atoms with E-state index in [1.54, 1.807) is 6.07 Å². The molecule has 1 aromatic rings. The van der Waals surface area contributed by atoms with E-state index in [2.05, 4.69) is 10.3 Å². The second kappa shape index (κ2) is 5.67. The Morgan fingerprint density at radius 1 is 1.57 bits per heavy atom. The Morgan fingerprint density at radius 3 is 2.86 bits per heavy atom. The van der Waals surface area contributed by atoms with Crippen molar-refractivity contribution >= 4 is 0 Å². The summed E-state index contributed by atoms with van der Waals surface area (Å²) in [6.45, 7) is 3.15. The molecule has 0 saturated heterocycles. The van der Waals surface area contributed by atoms with Gasteiger partial charge in [0.2, 0.25) is 0 Å². The number of likely N-dealkylation sites (N-methyl/N-ethyl adjacent to an activating group) is 1. The van der Waals surface area contributed by atoms with Gasteiger partial charge >= 0.3 is 0 Å². The monoisotopic (exact) mass is 198 g/mol. The maximum Gasteiger partial charge on any atom is 0.141 e. The van der Waals surface area contributed by atoms with E-state index in [9.17, 15) is 4.39 Å². The smallest absolute Gasteiger partial charge is 0.141 e. The van der Waals surface area contributed by atoms with Gasteiger partial charge < -0.3 is 10.1 Å². The molecule has 0 saturated carbocycles. The topological polar surface area (TPSA) is 34.1 Å². The minimum absolute atomic E-state index is 0.0237. The summed E-state index contributed by atoms with van der Waals surface area (Å²) in [6, 6.07) is 3.09. The Labute approximate surface area is 83.3 Å². The van der Waals surface area contributed by atoms with Crippen molar-refractivity contribution in [1.29, 1.82) is 0 Å². The first-order valence-corrected chi connectivity index (χ1v) is 4.64. The van der Waals surface area contributed by atoms with Crippen LogP contribution in [0.1, 0.15) is 18.7 Å². The molecule has 0 aliphatic carbocycles. The van der Waals surface area contributed by atoms with E-state index in [0.29, 0.717) is 13.2 Å². The van der Waals surface area contributed by atoms with Crippen molar-refractivity contribution in [3.05, 3.63) is 29.8 Å². The summed E-state index contributed by atoms with van der Waals surface area (Å²) in [7, 11) is 1.83. The maximum absolute atomic E-state index is 12.6. The third kappa shape index (κ3) is 3.05. The van der Waals surface area contributed by atoms with E-state index >= 15 is 0 Å². The van der Waals surface area contributed by atoms with Crippen LogP contribution in [0, 0.1) is 5.82 Å². The molecule has 0 radical (unpaired) electrons. The van der Waals surface area contributed by atoms with Crippen molar-refractivity contribution < 1.29 is 9.13 Å². The largest absolute Gasteiger partial charge is 0.380 e. The zero-order chi connectivity index (χ0) is 10.4.